The Hall–Kier alpha value is -3.07. The largest absolute Gasteiger partial charge is 0.495 e. The Morgan fingerprint density at radius 2 is 1.15 bits per heavy atom. The molecule has 27 heavy (non-hydrogen) atoms. The van der Waals surface area contributed by atoms with Gasteiger partial charge in [-0.25, -0.2) is 8.42 Å². The zero-order valence-electron chi connectivity index (χ0n) is 15.3. The molecule has 0 aliphatic carbocycles. The van der Waals surface area contributed by atoms with E-state index in [1.807, 2.05) is 0 Å². The van der Waals surface area contributed by atoms with E-state index >= 15 is 0 Å². The highest BCUT2D eigenvalue weighted by Crippen LogP contribution is 2.33. The van der Waals surface area contributed by atoms with Gasteiger partial charge in [0.05, 0.1) is 35.4 Å². The zero-order chi connectivity index (χ0) is 20.2. The fraction of sp³-hybridized carbons (Fsp3) is 0.222. The lowest BCUT2D eigenvalue weighted by Gasteiger charge is -2.13. The van der Waals surface area contributed by atoms with Crippen LogP contribution in [0.25, 0.3) is 0 Å². The number of amides is 2. The Morgan fingerprint density at radius 3 is 1.44 bits per heavy atom. The normalized spacial score (nSPS) is 10.8. The molecular formula is C18H20N2O6S. The number of carbonyl (C=O) groups is 2. The lowest BCUT2D eigenvalue weighted by atomic mass is 10.3. The average Bonchev–Trinajstić information content (AvgIpc) is 2.60. The molecule has 2 aromatic carbocycles. The summed E-state index contributed by atoms with van der Waals surface area (Å²) >= 11 is 0. The van der Waals surface area contributed by atoms with Gasteiger partial charge in [0.1, 0.15) is 11.5 Å². The average molecular weight is 392 g/mol. The van der Waals surface area contributed by atoms with Crippen LogP contribution >= 0.6 is 0 Å². The summed E-state index contributed by atoms with van der Waals surface area (Å²) in [6.45, 7) is 2.62. The Morgan fingerprint density at radius 1 is 0.778 bits per heavy atom. The third kappa shape index (κ3) is 4.56. The van der Waals surface area contributed by atoms with Crippen LogP contribution in [0, 0.1) is 0 Å². The van der Waals surface area contributed by atoms with Crippen molar-refractivity contribution in [2.45, 2.75) is 23.6 Å². The number of carbonyl (C=O) groups excluding carboxylic acids is 2. The van der Waals surface area contributed by atoms with Crippen LogP contribution in [0.3, 0.4) is 0 Å². The maximum absolute atomic E-state index is 13.0. The van der Waals surface area contributed by atoms with Gasteiger partial charge in [-0.1, -0.05) is 0 Å². The number of nitrogens with one attached hydrogen (secondary N) is 2. The lowest BCUT2D eigenvalue weighted by molar-refractivity contribution is -0.115. The minimum absolute atomic E-state index is 0.0361. The van der Waals surface area contributed by atoms with E-state index in [1.54, 1.807) is 0 Å². The smallest absolute Gasteiger partial charge is 0.221 e. The fourth-order valence-electron chi connectivity index (χ4n) is 2.42. The molecule has 2 aromatic rings. The summed E-state index contributed by atoms with van der Waals surface area (Å²) in [6, 6.07) is 8.30. The predicted octanol–water partition coefficient (Wildman–Crippen LogP) is 2.45. The molecule has 0 aliphatic rings. The van der Waals surface area contributed by atoms with Crippen molar-refractivity contribution in [2.24, 2.45) is 0 Å². The third-order valence-electron chi connectivity index (χ3n) is 3.58. The monoisotopic (exact) mass is 392 g/mol. The summed E-state index contributed by atoms with van der Waals surface area (Å²) in [6.07, 6.45) is 0. The molecule has 2 rings (SSSR count). The number of hydrogen-bond acceptors (Lipinski definition) is 6. The van der Waals surface area contributed by atoms with E-state index in [9.17, 15) is 18.0 Å². The van der Waals surface area contributed by atoms with E-state index in [-0.39, 0.29) is 33.0 Å². The van der Waals surface area contributed by atoms with Crippen LogP contribution in [0.4, 0.5) is 11.4 Å². The van der Waals surface area contributed by atoms with Crippen LogP contribution in [-0.2, 0) is 19.4 Å². The van der Waals surface area contributed by atoms with Crippen LogP contribution in [-0.4, -0.2) is 34.5 Å². The first-order chi connectivity index (χ1) is 12.7. The molecule has 0 saturated heterocycles. The standard InChI is InChI=1S/C18H20N2O6S/c1-11(21)19-15-9-13(5-7-17(15)25-3)27(23,24)14-6-8-18(26-4)16(10-14)20-12(2)22/h5-10H,1-4H3,(H,19,21)(H,20,22). The Kier molecular flexibility index (Phi) is 6.06. The second kappa shape index (κ2) is 8.09. The number of ether oxygens (including phenoxy) is 2. The van der Waals surface area contributed by atoms with Gasteiger partial charge >= 0.3 is 0 Å². The highest BCUT2D eigenvalue weighted by atomic mass is 32.2. The summed E-state index contributed by atoms with van der Waals surface area (Å²) < 4.78 is 36.3. The first-order valence-corrected chi connectivity index (χ1v) is 9.33. The van der Waals surface area contributed by atoms with Crippen LogP contribution in [0.15, 0.2) is 46.2 Å². The number of benzene rings is 2. The van der Waals surface area contributed by atoms with Crippen LogP contribution in [0.1, 0.15) is 13.8 Å². The molecule has 2 N–H and O–H groups in total. The minimum Gasteiger partial charge on any atom is -0.495 e. The second-order valence-electron chi connectivity index (χ2n) is 5.59. The van der Waals surface area contributed by atoms with E-state index in [1.165, 1.54) is 64.5 Å². The molecule has 9 heteroatoms. The molecular weight excluding hydrogens is 372 g/mol. The van der Waals surface area contributed by atoms with E-state index in [0.717, 1.165) is 0 Å². The molecule has 2 amide bonds. The van der Waals surface area contributed by atoms with Gasteiger partial charge in [0.15, 0.2) is 0 Å². The van der Waals surface area contributed by atoms with E-state index in [0.29, 0.717) is 11.5 Å². The Balaban J connectivity index is 2.55. The van der Waals surface area contributed by atoms with Gasteiger partial charge in [-0.15, -0.1) is 0 Å². The highest BCUT2D eigenvalue weighted by Gasteiger charge is 2.21. The van der Waals surface area contributed by atoms with Gasteiger partial charge in [0.2, 0.25) is 21.7 Å². The van der Waals surface area contributed by atoms with Crippen LogP contribution in [0.5, 0.6) is 11.5 Å². The predicted molar refractivity (Wildman–Crippen MR) is 100 cm³/mol. The van der Waals surface area contributed by atoms with Crippen molar-refractivity contribution < 1.29 is 27.5 Å². The van der Waals surface area contributed by atoms with Crippen molar-refractivity contribution in [2.75, 3.05) is 24.9 Å². The first kappa shape index (κ1) is 20.2. The highest BCUT2D eigenvalue weighted by molar-refractivity contribution is 7.91. The number of rotatable bonds is 6. The topological polar surface area (TPSA) is 111 Å². The summed E-state index contributed by atoms with van der Waals surface area (Å²) in [7, 11) is -1.09. The van der Waals surface area contributed by atoms with Crippen molar-refractivity contribution >= 4 is 33.0 Å². The van der Waals surface area contributed by atoms with Gasteiger partial charge in [-0.2, -0.15) is 0 Å². The van der Waals surface area contributed by atoms with E-state index < -0.39 is 9.84 Å². The molecule has 0 saturated carbocycles. The summed E-state index contributed by atoms with van der Waals surface area (Å²) in [4.78, 5) is 22.6. The zero-order valence-corrected chi connectivity index (χ0v) is 16.1. The number of anilines is 2. The molecule has 0 unspecified atom stereocenters. The van der Waals surface area contributed by atoms with Crippen LogP contribution in [0.2, 0.25) is 0 Å². The molecule has 0 aliphatic heterocycles. The molecule has 0 atom stereocenters. The molecule has 8 nitrogen and oxygen atoms in total. The number of sulfone groups is 1. The lowest BCUT2D eigenvalue weighted by Crippen LogP contribution is -2.10. The van der Waals surface area contributed by atoms with Crippen molar-refractivity contribution in [3.63, 3.8) is 0 Å². The molecule has 0 heterocycles. The third-order valence-corrected chi connectivity index (χ3v) is 5.33. The maximum Gasteiger partial charge on any atom is 0.221 e. The fourth-order valence-corrected chi connectivity index (χ4v) is 3.73. The summed E-state index contributed by atoms with van der Waals surface area (Å²) in [5, 5.41) is 5.08. The van der Waals surface area contributed by atoms with Crippen molar-refractivity contribution in [1.29, 1.82) is 0 Å². The molecule has 144 valence electrons. The molecule has 0 fully saturated rings. The summed E-state index contributed by atoms with van der Waals surface area (Å²) in [5.74, 6) is -0.0592. The van der Waals surface area contributed by atoms with E-state index in [2.05, 4.69) is 10.6 Å². The minimum atomic E-state index is -3.92. The number of hydrogen-bond donors (Lipinski definition) is 2. The molecule has 0 aromatic heterocycles. The van der Waals surface area contributed by atoms with Crippen molar-refractivity contribution in [3.8, 4) is 11.5 Å². The first-order valence-electron chi connectivity index (χ1n) is 7.85. The molecule has 0 bridgehead atoms. The van der Waals surface area contributed by atoms with Crippen molar-refractivity contribution in [1.82, 2.24) is 0 Å². The Labute approximate surface area is 157 Å². The SMILES string of the molecule is COc1ccc(S(=O)(=O)c2ccc(OC)c(NC(C)=O)c2)cc1NC(C)=O. The Bertz CT molecular complexity index is 912. The van der Waals surface area contributed by atoms with Gasteiger partial charge in [0.25, 0.3) is 0 Å². The van der Waals surface area contributed by atoms with Gasteiger partial charge in [-0.3, -0.25) is 9.59 Å². The molecule has 0 spiro atoms. The maximum atomic E-state index is 13.0. The van der Waals surface area contributed by atoms with Crippen LogP contribution < -0.4 is 20.1 Å². The van der Waals surface area contributed by atoms with E-state index in [4.69, 9.17) is 9.47 Å². The quantitative estimate of drug-likeness (QED) is 0.781. The summed E-state index contributed by atoms with van der Waals surface area (Å²) in [5.41, 5.74) is 0.475. The van der Waals surface area contributed by atoms with Gasteiger partial charge < -0.3 is 20.1 Å². The van der Waals surface area contributed by atoms with Crippen molar-refractivity contribution in [3.05, 3.63) is 36.4 Å². The second-order valence-corrected chi connectivity index (χ2v) is 7.54. The van der Waals surface area contributed by atoms with Gasteiger partial charge in [-0.05, 0) is 36.4 Å². The molecule has 0 radical (unpaired) electrons. The van der Waals surface area contributed by atoms with Gasteiger partial charge in [0, 0.05) is 13.8 Å². The number of methoxy groups -OCH3 is 2.